The molecule has 1 aromatic heterocycles. The van der Waals surface area contributed by atoms with Crippen molar-refractivity contribution in [2.75, 3.05) is 12.0 Å². The van der Waals surface area contributed by atoms with Crippen LogP contribution in [0.3, 0.4) is 0 Å². The second-order valence-corrected chi connectivity index (χ2v) is 7.05. The summed E-state index contributed by atoms with van der Waals surface area (Å²) in [6.45, 7) is 0. The molecule has 0 spiro atoms. The van der Waals surface area contributed by atoms with E-state index in [-0.39, 0.29) is 33.4 Å². The summed E-state index contributed by atoms with van der Waals surface area (Å²) in [5.41, 5.74) is 6.47. The number of aryl methyl sites for hydroxylation is 1. The number of nitrogen functional groups attached to an aromatic ring is 1. The number of sulfone groups is 1. The highest BCUT2D eigenvalue weighted by atomic mass is 35.5. The van der Waals surface area contributed by atoms with Crippen molar-refractivity contribution < 1.29 is 12.8 Å². The summed E-state index contributed by atoms with van der Waals surface area (Å²) in [6, 6.07) is 4.46. The maximum atomic E-state index is 14.1. The summed E-state index contributed by atoms with van der Waals surface area (Å²) in [5.74, 6) is -0.785. The SMILES string of the molecule is Cn1nc(CS(C)(=O)=O)c(-c2cccc(Cl)c2F)c1N. The van der Waals surface area contributed by atoms with Crippen molar-refractivity contribution in [3.63, 3.8) is 0 Å². The number of aromatic nitrogens is 2. The van der Waals surface area contributed by atoms with E-state index >= 15 is 0 Å². The smallest absolute Gasteiger partial charge is 0.153 e. The molecule has 0 aliphatic rings. The number of hydrogen-bond donors (Lipinski definition) is 1. The molecule has 5 nitrogen and oxygen atoms in total. The predicted octanol–water partition coefficient (Wildman–Crippen LogP) is 2.01. The van der Waals surface area contributed by atoms with Crippen LogP contribution in [0.2, 0.25) is 5.02 Å². The molecule has 0 amide bonds. The maximum Gasteiger partial charge on any atom is 0.153 e. The summed E-state index contributed by atoms with van der Waals surface area (Å²) in [6.07, 6.45) is 1.08. The number of hydrogen-bond acceptors (Lipinski definition) is 4. The molecule has 2 aromatic rings. The summed E-state index contributed by atoms with van der Waals surface area (Å²) in [5, 5.41) is 3.99. The molecule has 1 aromatic carbocycles. The van der Waals surface area contributed by atoms with E-state index < -0.39 is 15.7 Å². The van der Waals surface area contributed by atoms with Crippen molar-refractivity contribution in [3.05, 3.63) is 34.7 Å². The normalized spacial score (nSPS) is 11.8. The molecular weight excluding hydrogens is 305 g/mol. The first-order valence-electron chi connectivity index (χ1n) is 5.64. The van der Waals surface area contributed by atoms with Crippen LogP contribution >= 0.6 is 11.6 Å². The van der Waals surface area contributed by atoms with Crippen LogP contribution in [-0.4, -0.2) is 24.5 Å². The lowest BCUT2D eigenvalue weighted by atomic mass is 10.1. The molecule has 108 valence electrons. The Morgan fingerprint density at radius 1 is 1.45 bits per heavy atom. The van der Waals surface area contributed by atoms with Crippen molar-refractivity contribution in [3.8, 4) is 11.1 Å². The summed E-state index contributed by atoms with van der Waals surface area (Å²) in [7, 11) is -1.76. The van der Waals surface area contributed by atoms with Gasteiger partial charge in [-0.15, -0.1) is 0 Å². The number of anilines is 1. The van der Waals surface area contributed by atoms with Gasteiger partial charge in [0.05, 0.1) is 22.0 Å². The fourth-order valence-electron chi connectivity index (χ4n) is 1.93. The van der Waals surface area contributed by atoms with E-state index in [1.165, 1.54) is 16.8 Å². The number of rotatable bonds is 3. The number of halogens is 2. The van der Waals surface area contributed by atoms with Crippen molar-refractivity contribution in [2.24, 2.45) is 7.05 Å². The number of nitrogens with two attached hydrogens (primary N) is 1. The minimum atomic E-state index is -3.32. The Morgan fingerprint density at radius 2 is 2.10 bits per heavy atom. The molecule has 2 rings (SSSR count). The molecule has 0 saturated carbocycles. The van der Waals surface area contributed by atoms with Crippen molar-refractivity contribution in [1.82, 2.24) is 9.78 Å². The average molecular weight is 318 g/mol. The zero-order valence-corrected chi connectivity index (χ0v) is 12.5. The minimum Gasteiger partial charge on any atom is -0.383 e. The van der Waals surface area contributed by atoms with Crippen molar-refractivity contribution in [1.29, 1.82) is 0 Å². The van der Waals surface area contributed by atoms with Crippen LogP contribution in [0.15, 0.2) is 18.2 Å². The highest BCUT2D eigenvalue weighted by Gasteiger charge is 2.22. The monoisotopic (exact) mass is 317 g/mol. The van der Waals surface area contributed by atoms with E-state index in [1.54, 1.807) is 13.1 Å². The van der Waals surface area contributed by atoms with Gasteiger partial charge in [-0.3, -0.25) is 4.68 Å². The van der Waals surface area contributed by atoms with E-state index in [0.717, 1.165) is 6.26 Å². The highest BCUT2D eigenvalue weighted by Crippen LogP contribution is 2.34. The van der Waals surface area contributed by atoms with Crippen LogP contribution in [0.5, 0.6) is 0 Å². The molecule has 0 fully saturated rings. The molecule has 8 heteroatoms. The number of nitrogens with zero attached hydrogens (tertiary/aromatic N) is 2. The zero-order valence-electron chi connectivity index (χ0n) is 10.9. The molecule has 0 aliphatic carbocycles. The maximum absolute atomic E-state index is 14.1. The first kappa shape index (κ1) is 14.8. The fraction of sp³-hybridized carbons (Fsp3) is 0.250. The molecular formula is C12H13ClFN3O2S. The van der Waals surface area contributed by atoms with Crippen LogP contribution in [0.1, 0.15) is 5.69 Å². The van der Waals surface area contributed by atoms with Gasteiger partial charge >= 0.3 is 0 Å². The standard InChI is InChI=1S/C12H13ClFN3O2S/c1-17-12(15)10(9(16-17)6-20(2,18)19)7-4-3-5-8(13)11(7)14/h3-5H,6,15H2,1-2H3. The van der Waals surface area contributed by atoms with Gasteiger partial charge in [0.25, 0.3) is 0 Å². The van der Waals surface area contributed by atoms with Gasteiger partial charge in [-0.2, -0.15) is 5.10 Å². The van der Waals surface area contributed by atoms with Gasteiger partial charge in [-0.25, -0.2) is 12.8 Å². The van der Waals surface area contributed by atoms with Crippen LogP contribution in [-0.2, 0) is 22.6 Å². The third-order valence-corrected chi connectivity index (χ3v) is 3.87. The van der Waals surface area contributed by atoms with Gasteiger partial charge in [0.2, 0.25) is 0 Å². The summed E-state index contributed by atoms with van der Waals surface area (Å²) >= 11 is 5.75. The first-order chi connectivity index (χ1) is 9.20. The van der Waals surface area contributed by atoms with Gasteiger partial charge in [-0.1, -0.05) is 23.7 Å². The second kappa shape index (κ2) is 5.06. The zero-order chi connectivity index (χ0) is 15.1. The Morgan fingerprint density at radius 3 is 2.70 bits per heavy atom. The lowest BCUT2D eigenvalue weighted by Crippen LogP contribution is -2.03. The molecule has 2 N–H and O–H groups in total. The third-order valence-electron chi connectivity index (χ3n) is 2.78. The second-order valence-electron chi connectivity index (χ2n) is 4.50. The number of benzene rings is 1. The van der Waals surface area contributed by atoms with Crippen LogP contribution < -0.4 is 5.73 Å². The first-order valence-corrected chi connectivity index (χ1v) is 8.08. The van der Waals surface area contributed by atoms with Crippen LogP contribution in [0.25, 0.3) is 11.1 Å². The van der Waals surface area contributed by atoms with Gasteiger partial charge in [-0.05, 0) is 6.07 Å². The molecule has 0 bridgehead atoms. The van der Waals surface area contributed by atoms with Gasteiger partial charge < -0.3 is 5.73 Å². The summed E-state index contributed by atoms with van der Waals surface area (Å²) in [4.78, 5) is 0. The molecule has 0 radical (unpaired) electrons. The van der Waals surface area contributed by atoms with E-state index in [9.17, 15) is 12.8 Å². The van der Waals surface area contributed by atoms with Gasteiger partial charge in [0.1, 0.15) is 11.6 Å². The van der Waals surface area contributed by atoms with Crippen LogP contribution in [0.4, 0.5) is 10.2 Å². The van der Waals surface area contributed by atoms with E-state index in [4.69, 9.17) is 17.3 Å². The Labute approximate surface area is 121 Å². The Kier molecular flexibility index (Phi) is 3.75. The Balaban J connectivity index is 2.70. The third kappa shape index (κ3) is 2.78. The lowest BCUT2D eigenvalue weighted by Gasteiger charge is -2.06. The summed E-state index contributed by atoms with van der Waals surface area (Å²) < 4.78 is 38.3. The van der Waals surface area contributed by atoms with Crippen molar-refractivity contribution in [2.45, 2.75) is 5.75 Å². The predicted molar refractivity (Wildman–Crippen MR) is 76.6 cm³/mol. The van der Waals surface area contributed by atoms with E-state index in [2.05, 4.69) is 5.10 Å². The largest absolute Gasteiger partial charge is 0.383 e. The van der Waals surface area contributed by atoms with Gasteiger partial charge in [0, 0.05) is 18.9 Å². The quantitative estimate of drug-likeness (QED) is 0.939. The lowest BCUT2D eigenvalue weighted by molar-refractivity contribution is 0.599. The van der Waals surface area contributed by atoms with E-state index in [1.807, 2.05) is 0 Å². The molecule has 20 heavy (non-hydrogen) atoms. The molecule has 0 unspecified atom stereocenters. The Bertz CT molecular complexity index is 771. The Hall–Kier alpha value is -1.60. The molecule has 0 atom stereocenters. The average Bonchev–Trinajstić information content (AvgIpc) is 2.57. The topological polar surface area (TPSA) is 78.0 Å². The molecule has 1 heterocycles. The minimum absolute atomic E-state index is 0.0592. The van der Waals surface area contributed by atoms with Crippen molar-refractivity contribution >= 4 is 27.3 Å². The van der Waals surface area contributed by atoms with E-state index in [0.29, 0.717) is 0 Å². The van der Waals surface area contributed by atoms with Gasteiger partial charge in [0.15, 0.2) is 9.84 Å². The van der Waals surface area contributed by atoms with Crippen LogP contribution in [0, 0.1) is 5.82 Å². The molecule has 0 aliphatic heterocycles. The fourth-order valence-corrected chi connectivity index (χ4v) is 2.81. The molecule has 0 saturated heterocycles. The highest BCUT2D eigenvalue weighted by molar-refractivity contribution is 7.89.